The first-order valence-electron chi connectivity index (χ1n) is 7.81. The van der Waals surface area contributed by atoms with Crippen molar-refractivity contribution in [2.24, 2.45) is 0 Å². The number of hydrogen-bond donors (Lipinski definition) is 0. The molecule has 0 saturated carbocycles. The molecule has 1 aliphatic rings. The van der Waals surface area contributed by atoms with Gasteiger partial charge in [-0.25, -0.2) is 4.79 Å². The Labute approximate surface area is 127 Å². The lowest BCUT2D eigenvalue weighted by molar-refractivity contribution is -0.136. The molecule has 1 aliphatic heterocycles. The molecular weight excluding hydrogens is 262 g/mol. The second-order valence-corrected chi connectivity index (χ2v) is 5.51. The fourth-order valence-electron chi connectivity index (χ4n) is 3.11. The van der Waals surface area contributed by atoms with Crippen molar-refractivity contribution in [3.63, 3.8) is 0 Å². The van der Waals surface area contributed by atoms with Gasteiger partial charge in [0.05, 0.1) is 18.7 Å². The predicted molar refractivity (Wildman–Crippen MR) is 84.7 cm³/mol. The molecule has 21 heavy (non-hydrogen) atoms. The van der Waals surface area contributed by atoms with Gasteiger partial charge in [0, 0.05) is 12.2 Å². The zero-order chi connectivity index (χ0) is 15.2. The standard InChI is InChI=1S/C18H25NO2/c1-4-16(18(20)21-3)17-12-8-9-13-19(17)14(2)15-10-6-5-7-11-15/h5-7,10-11,14H,4,8-9,12-13H2,1-3H3/b17-16-/t14-/m1/s1. The second kappa shape index (κ2) is 7.30. The van der Waals surface area contributed by atoms with Gasteiger partial charge in [-0.15, -0.1) is 0 Å². The molecule has 3 heteroatoms. The van der Waals surface area contributed by atoms with E-state index in [-0.39, 0.29) is 12.0 Å². The lowest BCUT2D eigenvalue weighted by atomic mass is 9.96. The van der Waals surface area contributed by atoms with Crippen molar-refractivity contribution < 1.29 is 9.53 Å². The molecule has 1 heterocycles. The van der Waals surface area contributed by atoms with Crippen LogP contribution in [0.4, 0.5) is 0 Å². The zero-order valence-corrected chi connectivity index (χ0v) is 13.3. The largest absolute Gasteiger partial charge is 0.466 e. The second-order valence-electron chi connectivity index (χ2n) is 5.51. The Kier molecular flexibility index (Phi) is 5.43. The smallest absolute Gasteiger partial charge is 0.335 e. The molecular formula is C18H25NO2. The van der Waals surface area contributed by atoms with E-state index in [1.165, 1.54) is 24.8 Å². The van der Waals surface area contributed by atoms with E-state index in [0.29, 0.717) is 0 Å². The molecule has 0 spiro atoms. The van der Waals surface area contributed by atoms with Crippen LogP contribution in [0.25, 0.3) is 0 Å². The molecule has 0 N–H and O–H groups in total. The van der Waals surface area contributed by atoms with Crippen molar-refractivity contribution in [3.8, 4) is 0 Å². The van der Waals surface area contributed by atoms with E-state index in [0.717, 1.165) is 31.4 Å². The number of esters is 1. The summed E-state index contributed by atoms with van der Waals surface area (Å²) in [5.41, 5.74) is 3.30. The Morgan fingerprint density at radius 2 is 2.00 bits per heavy atom. The van der Waals surface area contributed by atoms with Gasteiger partial charge in [-0.3, -0.25) is 0 Å². The van der Waals surface area contributed by atoms with Crippen molar-refractivity contribution in [2.45, 2.75) is 45.6 Å². The number of ether oxygens (including phenoxy) is 1. The van der Waals surface area contributed by atoms with Gasteiger partial charge in [-0.05, 0) is 38.2 Å². The van der Waals surface area contributed by atoms with Crippen LogP contribution < -0.4 is 0 Å². The van der Waals surface area contributed by atoms with Crippen molar-refractivity contribution in [1.29, 1.82) is 0 Å². The predicted octanol–water partition coefficient (Wildman–Crippen LogP) is 4.07. The average molecular weight is 287 g/mol. The molecule has 0 radical (unpaired) electrons. The van der Waals surface area contributed by atoms with Gasteiger partial charge < -0.3 is 9.64 Å². The molecule has 0 aromatic heterocycles. The minimum Gasteiger partial charge on any atom is -0.466 e. The monoisotopic (exact) mass is 287 g/mol. The van der Waals surface area contributed by atoms with Crippen molar-refractivity contribution in [3.05, 3.63) is 47.2 Å². The molecule has 1 aromatic rings. The third-order valence-electron chi connectivity index (χ3n) is 4.29. The summed E-state index contributed by atoms with van der Waals surface area (Å²) in [6, 6.07) is 10.8. The maximum atomic E-state index is 12.0. The van der Waals surface area contributed by atoms with Crippen LogP contribution in [0.3, 0.4) is 0 Å². The van der Waals surface area contributed by atoms with E-state index in [1.54, 1.807) is 0 Å². The van der Waals surface area contributed by atoms with Crippen LogP contribution in [0.2, 0.25) is 0 Å². The molecule has 0 amide bonds. The summed E-state index contributed by atoms with van der Waals surface area (Å²) in [5, 5.41) is 0. The Morgan fingerprint density at radius 1 is 1.29 bits per heavy atom. The number of benzene rings is 1. The van der Waals surface area contributed by atoms with E-state index in [2.05, 4.69) is 36.1 Å². The minimum atomic E-state index is -0.181. The minimum absolute atomic E-state index is 0.181. The fraction of sp³-hybridized carbons (Fsp3) is 0.500. The number of piperidine rings is 1. The first-order valence-corrected chi connectivity index (χ1v) is 7.81. The maximum Gasteiger partial charge on any atom is 0.335 e. The maximum absolute atomic E-state index is 12.0. The van der Waals surface area contributed by atoms with E-state index in [4.69, 9.17) is 4.74 Å². The number of allylic oxidation sites excluding steroid dienone is 1. The number of hydrogen-bond acceptors (Lipinski definition) is 3. The number of rotatable bonds is 4. The third kappa shape index (κ3) is 3.46. The zero-order valence-electron chi connectivity index (χ0n) is 13.3. The number of carbonyl (C=O) groups is 1. The topological polar surface area (TPSA) is 29.5 Å². The highest BCUT2D eigenvalue weighted by atomic mass is 16.5. The van der Waals surface area contributed by atoms with E-state index < -0.39 is 0 Å². The molecule has 1 saturated heterocycles. The number of likely N-dealkylation sites (tertiary alicyclic amines) is 1. The van der Waals surface area contributed by atoms with Crippen molar-refractivity contribution >= 4 is 5.97 Å². The molecule has 0 aliphatic carbocycles. The SMILES string of the molecule is CC/C(C(=O)OC)=C1\CCCCN1[C@H](C)c1ccccc1. The van der Waals surface area contributed by atoms with E-state index in [9.17, 15) is 4.79 Å². The average Bonchev–Trinajstić information content (AvgIpc) is 2.56. The third-order valence-corrected chi connectivity index (χ3v) is 4.29. The molecule has 2 rings (SSSR count). The van der Waals surface area contributed by atoms with Gasteiger partial charge in [-0.1, -0.05) is 37.3 Å². The van der Waals surface area contributed by atoms with Crippen LogP contribution in [0.1, 0.15) is 51.1 Å². The van der Waals surface area contributed by atoms with E-state index >= 15 is 0 Å². The lowest BCUT2D eigenvalue weighted by Crippen LogP contribution is -2.33. The highest BCUT2D eigenvalue weighted by Crippen LogP contribution is 2.33. The fourth-order valence-corrected chi connectivity index (χ4v) is 3.11. The molecule has 3 nitrogen and oxygen atoms in total. The van der Waals surface area contributed by atoms with Crippen LogP contribution >= 0.6 is 0 Å². The molecule has 1 aromatic carbocycles. The van der Waals surface area contributed by atoms with Gasteiger partial charge >= 0.3 is 5.97 Å². The molecule has 0 bridgehead atoms. The quantitative estimate of drug-likeness (QED) is 0.617. The Hall–Kier alpha value is -1.77. The van der Waals surface area contributed by atoms with Gasteiger partial charge in [0.25, 0.3) is 0 Å². The Bertz CT molecular complexity index is 507. The van der Waals surface area contributed by atoms with Crippen LogP contribution in [-0.2, 0) is 9.53 Å². The van der Waals surface area contributed by atoms with Crippen LogP contribution in [0.5, 0.6) is 0 Å². The van der Waals surface area contributed by atoms with Crippen LogP contribution in [0, 0.1) is 0 Å². The number of nitrogens with zero attached hydrogens (tertiary/aromatic N) is 1. The highest BCUT2D eigenvalue weighted by Gasteiger charge is 2.26. The van der Waals surface area contributed by atoms with Gasteiger partial charge in [0.2, 0.25) is 0 Å². The highest BCUT2D eigenvalue weighted by molar-refractivity contribution is 5.89. The van der Waals surface area contributed by atoms with E-state index in [1.807, 2.05) is 13.0 Å². The Balaban J connectivity index is 2.35. The summed E-state index contributed by atoms with van der Waals surface area (Å²) in [4.78, 5) is 14.4. The lowest BCUT2D eigenvalue weighted by Gasteiger charge is -2.38. The summed E-state index contributed by atoms with van der Waals surface area (Å²) in [7, 11) is 1.46. The molecule has 1 atom stereocenters. The molecule has 0 unspecified atom stereocenters. The van der Waals surface area contributed by atoms with Crippen molar-refractivity contribution in [2.75, 3.05) is 13.7 Å². The van der Waals surface area contributed by atoms with Crippen molar-refractivity contribution in [1.82, 2.24) is 4.90 Å². The Morgan fingerprint density at radius 3 is 2.62 bits per heavy atom. The summed E-state index contributed by atoms with van der Waals surface area (Å²) >= 11 is 0. The number of methoxy groups -OCH3 is 1. The number of carbonyl (C=O) groups excluding carboxylic acids is 1. The summed E-state index contributed by atoms with van der Waals surface area (Å²) in [5.74, 6) is -0.181. The van der Waals surface area contributed by atoms with Gasteiger partial charge in [0.15, 0.2) is 0 Å². The van der Waals surface area contributed by atoms with Crippen LogP contribution in [0.15, 0.2) is 41.6 Å². The summed E-state index contributed by atoms with van der Waals surface area (Å²) in [6.07, 6.45) is 4.02. The summed E-state index contributed by atoms with van der Waals surface area (Å²) < 4.78 is 4.97. The van der Waals surface area contributed by atoms with Crippen LogP contribution in [-0.4, -0.2) is 24.5 Å². The normalized spacial score (nSPS) is 19.1. The summed E-state index contributed by atoms with van der Waals surface area (Å²) in [6.45, 7) is 5.25. The first-order chi connectivity index (χ1) is 10.2. The molecule has 1 fully saturated rings. The first kappa shape index (κ1) is 15.6. The van der Waals surface area contributed by atoms with Gasteiger partial charge in [-0.2, -0.15) is 0 Å². The van der Waals surface area contributed by atoms with Gasteiger partial charge in [0.1, 0.15) is 0 Å². The molecule has 114 valence electrons.